The van der Waals surface area contributed by atoms with E-state index in [0.29, 0.717) is 23.8 Å². The number of nitrogens with zero attached hydrogens (tertiary/aromatic N) is 1. The van der Waals surface area contributed by atoms with E-state index in [9.17, 15) is 14.7 Å². The van der Waals surface area contributed by atoms with Gasteiger partial charge >= 0.3 is 0 Å². The van der Waals surface area contributed by atoms with E-state index in [2.05, 4.69) is 60.7 Å². The summed E-state index contributed by atoms with van der Waals surface area (Å²) in [6, 6.07) is 20.5. The molecule has 0 saturated carbocycles. The van der Waals surface area contributed by atoms with Gasteiger partial charge in [0.25, 0.3) is 5.91 Å². The number of phenolic OH excluding ortho intramolecular Hbond substituents is 1. The molecule has 1 atom stereocenters. The Balaban J connectivity index is 1.84. The Kier molecular flexibility index (Phi) is 9.50. The van der Waals surface area contributed by atoms with Gasteiger partial charge in [0.2, 0.25) is 5.91 Å². The number of benzene rings is 3. The van der Waals surface area contributed by atoms with Gasteiger partial charge < -0.3 is 15.3 Å². The maximum Gasteiger partial charge on any atom is 0.251 e. The number of amides is 2. The lowest BCUT2D eigenvalue weighted by Gasteiger charge is -2.29. The van der Waals surface area contributed by atoms with Crippen molar-refractivity contribution in [1.82, 2.24) is 4.90 Å². The number of hydrogen-bond donors (Lipinski definition) is 2. The Morgan fingerprint density at radius 2 is 1.35 bits per heavy atom. The molecular weight excluding hydrogens is 496 g/mol. The van der Waals surface area contributed by atoms with Crippen LogP contribution < -0.4 is 5.32 Å². The third-order valence-electron chi connectivity index (χ3n) is 7.40. The van der Waals surface area contributed by atoms with E-state index in [4.69, 9.17) is 0 Å². The first-order valence-electron chi connectivity index (χ1n) is 14.2. The number of phenols is 1. The first kappa shape index (κ1) is 30.9. The van der Waals surface area contributed by atoms with Crippen LogP contribution in [0.5, 0.6) is 5.75 Å². The second-order valence-electron chi connectivity index (χ2n) is 13.1. The first-order valence-corrected chi connectivity index (χ1v) is 14.2. The summed E-state index contributed by atoms with van der Waals surface area (Å²) in [5.41, 5.74) is 4.91. The van der Waals surface area contributed by atoms with Crippen molar-refractivity contribution < 1.29 is 14.7 Å². The molecule has 40 heavy (non-hydrogen) atoms. The average molecular weight is 543 g/mol. The normalized spacial score (nSPS) is 12.8. The van der Waals surface area contributed by atoms with Crippen LogP contribution in [0.25, 0.3) is 0 Å². The van der Waals surface area contributed by atoms with E-state index in [1.54, 1.807) is 11.9 Å². The summed E-state index contributed by atoms with van der Waals surface area (Å²) in [7, 11) is 1.69. The van der Waals surface area contributed by atoms with Crippen molar-refractivity contribution >= 4 is 17.5 Å². The molecule has 214 valence electrons. The van der Waals surface area contributed by atoms with Crippen molar-refractivity contribution in [2.45, 2.75) is 91.0 Å². The Morgan fingerprint density at radius 3 is 1.82 bits per heavy atom. The molecule has 0 heterocycles. The molecule has 2 amide bonds. The van der Waals surface area contributed by atoms with Crippen molar-refractivity contribution in [3.63, 3.8) is 0 Å². The maximum absolute atomic E-state index is 13.6. The van der Waals surface area contributed by atoms with Gasteiger partial charge in [-0.25, -0.2) is 0 Å². The van der Waals surface area contributed by atoms with Crippen LogP contribution in [-0.4, -0.2) is 28.9 Å². The average Bonchev–Trinajstić information content (AvgIpc) is 2.87. The summed E-state index contributed by atoms with van der Waals surface area (Å²) in [6.45, 7) is 16.7. The zero-order chi connectivity index (χ0) is 29.8. The third kappa shape index (κ3) is 7.53. The smallest absolute Gasteiger partial charge is 0.251 e. The minimum Gasteiger partial charge on any atom is -0.507 e. The van der Waals surface area contributed by atoms with Crippen molar-refractivity contribution in [3.8, 4) is 5.75 Å². The zero-order valence-electron chi connectivity index (χ0n) is 25.6. The van der Waals surface area contributed by atoms with Gasteiger partial charge in [0.15, 0.2) is 0 Å². The molecule has 0 aromatic heterocycles. The Labute approximate surface area is 240 Å². The SMILES string of the molecule is CC(C)c1ccc(NC(=O)C(c2ccccc2)N(C)C(=O)CCc2cc(C(C)(C)C)c(O)c(C(C)(C)C)c2)cc1. The molecule has 0 radical (unpaired) electrons. The van der Waals surface area contributed by atoms with Crippen LogP contribution in [0.3, 0.4) is 0 Å². The maximum atomic E-state index is 13.6. The number of rotatable bonds is 8. The van der Waals surface area contributed by atoms with Crippen molar-refractivity contribution in [2.24, 2.45) is 0 Å². The highest BCUT2D eigenvalue weighted by Gasteiger charge is 2.30. The predicted octanol–water partition coefficient (Wildman–Crippen LogP) is 7.88. The van der Waals surface area contributed by atoms with E-state index in [0.717, 1.165) is 22.3 Å². The molecule has 0 aliphatic carbocycles. The van der Waals surface area contributed by atoms with Gasteiger partial charge in [0.05, 0.1) is 0 Å². The van der Waals surface area contributed by atoms with E-state index in [-0.39, 0.29) is 29.1 Å². The van der Waals surface area contributed by atoms with Gasteiger partial charge in [-0.15, -0.1) is 0 Å². The molecule has 0 fully saturated rings. The fourth-order valence-electron chi connectivity index (χ4n) is 4.90. The van der Waals surface area contributed by atoms with E-state index < -0.39 is 6.04 Å². The van der Waals surface area contributed by atoms with Gasteiger partial charge in [-0.3, -0.25) is 9.59 Å². The van der Waals surface area contributed by atoms with Crippen LogP contribution in [0.1, 0.15) is 102 Å². The molecule has 3 aromatic carbocycles. The summed E-state index contributed by atoms with van der Waals surface area (Å²) in [4.78, 5) is 28.6. The quantitative estimate of drug-likeness (QED) is 0.304. The highest BCUT2D eigenvalue weighted by molar-refractivity contribution is 5.97. The summed E-state index contributed by atoms with van der Waals surface area (Å²) in [5, 5.41) is 14.1. The molecule has 0 bridgehead atoms. The van der Waals surface area contributed by atoms with Crippen LogP contribution in [0.2, 0.25) is 0 Å². The van der Waals surface area contributed by atoms with Crippen LogP contribution >= 0.6 is 0 Å². The fraction of sp³-hybridized carbons (Fsp3) is 0.429. The number of aryl methyl sites for hydroxylation is 1. The predicted molar refractivity (Wildman–Crippen MR) is 165 cm³/mol. The molecule has 1 unspecified atom stereocenters. The van der Waals surface area contributed by atoms with Crippen molar-refractivity contribution in [3.05, 3.63) is 94.5 Å². The van der Waals surface area contributed by atoms with E-state index in [1.165, 1.54) is 5.56 Å². The van der Waals surface area contributed by atoms with Gasteiger partial charge in [-0.2, -0.15) is 0 Å². The second kappa shape index (κ2) is 12.3. The molecule has 2 N–H and O–H groups in total. The number of anilines is 1. The minimum atomic E-state index is -0.770. The molecule has 5 nitrogen and oxygen atoms in total. The van der Waals surface area contributed by atoms with Gasteiger partial charge in [-0.05, 0) is 63.1 Å². The summed E-state index contributed by atoms with van der Waals surface area (Å²) in [6.07, 6.45) is 0.754. The first-order chi connectivity index (χ1) is 18.6. The minimum absolute atomic E-state index is 0.123. The van der Waals surface area contributed by atoms with E-state index >= 15 is 0 Å². The molecule has 0 aliphatic heterocycles. The monoisotopic (exact) mass is 542 g/mol. The lowest BCUT2D eigenvalue weighted by molar-refractivity contribution is -0.137. The molecular formula is C35H46N2O3. The largest absolute Gasteiger partial charge is 0.507 e. The number of aromatic hydroxyl groups is 1. The molecule has 0 saturated heterocycles. The van der Waals surface area contributed by atoms with Gasteiger partial charge in [-0.1, -0.05) is 110 Å². The third-order valence-corrected chi connectivity index (χ3v) is 7.40. The topological polar surface area (TPSA) is 69.6 Å². The van der Waals surface area contributed by atoms with E-state index in [1.807, 2.05) is 66.7 Å². The van der Waals surface area contributed by atoms with Crippen LogP contribution in [0, 0.1) is 0 Å². The zero-order valence-corrected chi connectivity index (χ0v) is 25.6. The standard InChI is InChI=1S/C35H46N2O3/c1-23(2)25-16-18-27(19-17-25)36-33(40)31(26-13-11-10-12-14-26)37(9)30(38)20-15-24-21-28(34(3,4)5)32(39)29(22-24)35(6,7)8/h10-14,16-19,21-23,31,39H,15,20H2,1-9H3,(H,36,40). The Bertz CT molecular complexity index is 1280. The van der Waals surface area contributed by atoms with Crippen LogP contribution in [0.15, 0.2) is 66.7 Å². The molecule has 3 rings (SSSR count). The van der Waals surface area contributed by atoms with Crippen LogP contribution in [-0.2, 0) is 26.8 Å². The molecule has 0 aliphatic rings. The van der Waals surface area contributed by atoms with Crippen molar-refractivity contribution in [2.75, 3.05) is 12.4 Å². The van der Waals surface area contributed by atoms with Gasteiger partial charge in [0, 0.05) is 19.2 Å². The van der Waals surface area contributed by atoms with Crippen molar-refractivity contribution in [1.29, 1.82) is 0 Å². The Hall–Kier alpha value is -3.60. The number of carbonyl (C=O) groups excluding carboxylic acids is 2. The van der Waals surface area contributed by atoms with Crippen LogP contribution in [0.4, 0.5) is 5.69 Å². The highest BCUT2D eigenvalue weighted by atomic mass is 16.3. The number of nitrogens with one attached hydrogen (secondary N) is 1. The van der Waals surface area contributed by atoms with Gasteiger partial charge in [0.1, 0.15) is 11.8 Å². The highest BCUT2D eigenvalue weighted by Crippen LogP contribution is 2.40. The molecule has 0 spiro atoms. The number of carbonyl (C=O) groups is 2. The Morgan fingerprint density at radius 1 is 0.825 bits per heavy atom. The lowest BCUT2D eigenvalue weighted by atomic mass is 9.78. The number of likely N-dealkylation sites (N-methyl/N-ethyl adjacent to an activating group) is 1. The fourth-order valence-corrected chi connectivity index (χ4v) is 4.90. The second-order valence-corrected chi connectivity index (χ2v) is 13.1. The number of hydrogen-bond acceptors (Lipinski definition) is 3. The lowest BCUT2D eigenvalue weighted by Crippen LogP contribution is -2.38. The molecule has 3 aromatic rings. The summed E-state index contributed by atoms with van der Waals surface area (Å²) >= 11 is 0. The molecule has 5 heteroatoms. The summed E-state index contributed by atoms with van der Waals surface area (Å²) < 4.78 is 0. The summed E-state index contributed by atoms with van der Waals surface area (Å²) in [5.74, 6) is 0.350.